The van der Waals surface area contributed by atoms with Crippen molar-refractivity contribution in [3.63, 3.8) is 0 Å². The molecule has 138 valence electrons. The van der Waals surface area contributed by atoms with Crippen LogP contribution in [0.25, 0.3) is 28.9 Å². The van der Waals surface area contributed by atoms with Gasteiger partial charge >= 0.3 is 0 Å². The van der Waals surface area contributed by atoms with Crippen LogP contribution in [0.1, 0.15) is 23.9 Å². The highest BCUT2D eigenvalue weighted by molar-refractivity contribution is 5.91. The Hall–Kier alpha value is -2.85. The summed E-state index contributed by atoms with van der Waals surface area (Å²) in [6, 6.07) is 13.2. The van der Waals surface area contributed by atoms with Crippen LogP contribution >= 0.6 is 0 Å². The van der Waals surface area contributed by atoms with Crippen molar-refractivity contribution >= 4 is 28.9 Å². The number of para-hydroxylation sites is 1. The van der Waals surface area contributed by atoms with Crippen molar-refractivity contribution in [3.8, 4) is 5.69 Å². The molecule has 27 heavy (non-hydrogen) atoms. The Kier molecular flexibility index (Phi) is 4.58. The maximum Gasteiger partial charge on any atom is 0.112 e. The molecular formula is C23H26N4. The molecule has 2 aromatic carbocycles. The maximum atomic E-state index is 4.96. The third kappa shape index (κ3) is 2.96. The van der Waals surface area contributed by atoms with Crippen LogP contribution in [0.5, 0.6) is 0 Å². The molecule has 1 aliphatic heterocycles. The molecule has 1 aromatic heterocycles. The highest BCUT2D eigenvalue weighted by Gasteiger charge is 2.21. The number of nitrogens with one attached hydrogen (secondary N) is 1. The summed E-state index contributed by atoms with van der Waals surface area (Å²) in [5, 5.41) is 3.51. The van der Waals surface area contributed by atoms with Crippen molar-refractivity contribution in [2.75, 3.05) is 24.5 Å². The van der Waals surface area contributed by atoms with Gasteiger partial charge in [0.05, 0.1) is 16.9 Å². The molecule has 4 nitrogen and oxygen atoms in total. The minimum absolute atomic E-state index is 0.480. The Morgan fingerprint density at radius 3 is 2.63 bits per heavy atom. The molecule has 1 atom stereocenters. The fourth-order valence-electron chi connectivity index (χ4n) is 4.08. The minimum atomic E-state index is 0.480. The summed E-state index contributed by atoms with van der Waals surface area (Å²) in [5.41, 5.74) is 6.64. The van der Waals surface area contributed by atoms with Crippen molar-refractivity contribution in [1.82, 2.24) is 14.9 Å². The molecule has 2 heterocycles. The first-order chi connectivity index (χ1) is 13.1. The third-order valence-electron chi connectivity index (χ3n) is 5.32. The molecular weight excluding hydrogens is 332 g/mol. The Bertz CT molecular complexity index is 1010. The lowest BCUT2D eigenvalue weighted by Gasteiger charge is -2.33. The molecule has 4 heteroatoms. The second kappa shape index (κ2) is 7.05. The number of aryl methyl sites for hydroxylation is 1. The smallest absolute Gasteiger partial charge is 0.112 e. The van der Waals surface area contributed by atoms with E-state index >= 15 is 0 Å². The molecule has 1 aliphatic rings. The van der Waals surface area contributed by atoms with Crippen LogP contribution in [0, 0.1) is 6.92 Å². The largest absolute Gasteiger partial charge is 0.367 e. The number of benzene rings is 2. The highest BCUT2D eigenvalue weighted by Crippen LogP contribution is 2.32. The van der Waals surface area contributed by atoms with Crippen molar-refractivity contribution < 1.29 is 0 Å². The molecule has 3 aromatic rings. The number of hydrogen-bond acceptors (Lipinski definition) is 3. The van der Waals surface area contributed by atoms with Crippen molar-refractivity contribution in [2.24, 2.45) is 0 Å². The van der Waals surface area contributed by atoms with Gasteiger partial charge in [-0.05, 0) is 37.6 Å². The SMILES string of the molecule is C=Cc1cccc(-n2c(C)nc3c(N4CCN[C@H](C)C4)cccc32)c1C=C. The summed E-state index contributed by atoms with van der Waals surface area (Å²) in [6.07, 6.45) is 3.78. The van der Waals surface area contributed by atoms with Gasteiger partial charge in [-0.3, -0.25) is 4.57 Å². The van der Waals surface area contributed by atoms with Gasteiger partial charge in [0, 0.05) is 31.2 Å². The van der Waals surface area contributed by atoms with Crippen molar-refractivity contribution in [2.45, 2.75) is 19.9 Å². The maximum absolute atomic E-state index is 4.96. The summed E-state index contributed by atoms with van der Waals surface area (Å²) in [4.78, 5) is 7.40. The minimum Gasteiger partial charge on any atom is -0.367 e. The number of fused-ring (bicyclic) bond motifs is 1. The Labute approximate surface area is 160 Å². The van der Waals surface area contributed by atoms with Crippen LogP contribution in [0.15, 0.2) is 49.6 Å². The molecule has 1 saturated heterocycles. The van der Waals surface area contributed by atoms with Crippen LogP contribution < -0.4 is 10.2 Å². The predicted molar refractivity (Wildman–Crippen MR) is 116 cm³/mol. The number of aromatic nitrogens is 2. The third-order valence-corrected chi connectivity index (χ3v) is 5.32. The van der Waals surface area contributed by atoms with E-state index in [0.29, 0.717) is 6.04 Å². The van der Waals surface area contributed by atoms with Crippen LogP contribution in [0.2, 0.25) is 0 Å². The number of hydrogen-bond donors (Lipinski definition) is 1. The lowest BCUT2D eigenvalue weighted by Crippen LogP contribution is -2.49. The van der Waals surface area contributed by atoms with Gasteiger partial charge in [0.1, 0.15) is 11.3 Å². The van der Waals surface area contributed by atoms with Crippen molar-refractivity contribution in [1.29, 1.82) is 0 Å². The number of imidazole rings is 1. The zero-order chi connectivity index (χ0) is 19.0. The van der Waals surface area contributed by atoms with E-state index in [1.165, 1.54) is 5.69 Å². The lowest BCUT2D eigenvalue weighted by molar-refractivity contribution is 0.485. The van der Waals surface area contributed by atoms with Crippen LogP contribution in [0.4, 0.5) is 5.69 Å². The summed E-state index contributed by atoms with van der Waals surface area (Å²) in [7, 11) is 0. The van der Waals surface area contributed by atoms with E-state index in [0.717, 1.165) is 53.3 Å². The van der Waals surface area contributed by atoms with Gasteiger partial charge in [-0.1, -0.05) is 43.5 Å². The average Bonchev–Trinajstić information content (AvgIpc) is 3.02. The van der Waals surface area contributed by atoms with Crippen molar-refractivity contribution in [3.05, 3.63) is 66.5 Å². The topological polar surface area (TPSA) is 33.1 Å². The second-order valence-electron chi connectivity index (χ2n) is 7.13. The monoisotopic (exact) mass is 358 g/mol. The lowest BCUT2D eigenvalue weighted by atomic mass is 10.0. The van der Waals surface area contributed by atoms with Crippen LogP contribution in [-0.4, -0.2) is 35.2 Å². The van der Waals surface area contributed by atoms with E-state index in [1.54, 1.807) is 0 Å². The van der Waals surface area contributed by atoms with Crippen LogP contribution in [-0.2, 0) is 0 Å². The van der Waals surface area contributed by atoms with E-state index in [1.807, 2.05) is 12.2 Å². The van der Waals surface area contributed by atoms with Gasteiger partial charge in [-0.25, -0.2) is 4.98 Å². The fraction of sp³-hybridized carbons (Fsp3) is 0.261. The molecule has 0 aliphatic carbocycles. The van der Waals surface area contributed by atoms with E-state index < -0.39 is 0 Å². The zero-order valence-corrected chi connectivity index (χ0v) is 16.1. The Morgan fingerprint density at radius 2 is 1.89 bits per heavy atom. The van der Waals surface area contributed by atoms with E-state index in [9.17, 15) is 0 Å². The summed E-state index contributed by atoms with van der Waals surface area (Å²) in [6.45, 7) is 15.3. The fourth-order valence-corrected chi connectivity index (χ4v) is 4.08. The number of anilines is 1. The van der Waals surface area contributed by atoms with Gasteiger partial charge in [0.25, 0.3) is 0 Å². The molecule has 0 spiro atoms. The first-order valence-corrected chi connectivity index (χ1v) is 9.48. The van der Waals surface area contributed by atoms with Gasteiger partial charge in [-0.2, -0.15) is 0 Å². The van der Waals surface area contributed by atoms with E-state index in [-0.39, 0.29) is 0 Å². The second-order valence-corrected chi connectivity index (χ2v) is 7.13. The zero-order valence-electron chi connectivity index (χ0n) is 16.1. The molecule has 0 radical (unpaired) electrons. The highest BCUT2D eigenvalue weighted by atomic mass is 15.2. The molecule has 1 N–H and O–H groups in total. The quantitative estimate of drug-likeness (QED) is 0.749. The normalized spacial score (nSPS) is 17.3. The summed E-state index contributed by atoms with van der Waals surface area (Å²) >= 11 is 0. The average molecular weight is 358 g/mol. The molecule has 4 rings (SSSR count). The molecule has 0 bridgehead atoms. The van der Waals surface area contributed by atoms with Gasteiger partial charge in [0.15, 0.2) is 0 Å². The Balaban J connectivity index is 1.92. The Morgan fingerprint density at radius 1 is 1.11 bits per heavy atom. The summed E-state index contributed by atoms with van der Waals surface area (Å²) < 4.78 is 2.23. The number of nitrogens with zero attached hydrogens (tertiary/aromatic N) is 3. The molecule has 0 saturated carbocycles. The van der Waals surface area contributed by atoms with Gasteiger partial charge in [-0.15, -0.1) is 0 Å². The first kappa shape index (κ1) is 17.6. The predicted octanol–water partition coefficient (Wildman–Crippen LogP) is 4.42. The number of piperazine rings is 1. The van der Waals surface area contributed by atoms with Gasteiger partial charge < -0.3 is 10.2 Å². The molecule has 0 amide bonds. The molecule has 1 fully saturated rings. The first-order valence-electron chi connectivity index (χ1n) is 9.48. The van der Waals surface area contributed by atoms with Crippen LogP contribution in [0.3, 0.4) is 0 Å². The standard InChI is InChI=1S/C23H26N4/c1-5-18-9-7-10-20(19(18)6-2)27-17(4)25-23-21(11-8-12-22(23)27)26-14-13-24-16(3)15-26/h5-12,16,24H,1-2,13-15H2,3-4H3/t16-/m1/s1. The van der Waals surface area contributed by atoms with E-state index in [4.69, 9.17) is 4.98 Å². The van der Waals surface area contributed by atoms with Gasteiger partial charge in [0.2, 0.25) is 0 Å². The molecule has 0 unspecified atom stereocenters. The number of rotatable bonds is 4. The summed E-state index contributed by atoms with van der Waals surface area (Å²) in [5.74, 6) is 0.977. The van der Waals surface area contributed by atoms with E-state index in [2.05, 4.69) is 78.2 Å².